The molecule has 0 spiro atoms. The lowest BCUT2D eigenvalue weighted by Gasteiger charge is -2.09. The largest absolute Gasteiger partial charge is 0.383 e. The summed E-state index contributed by atoms with van der Waals surface area (Å²) in [4.78, 5) is 15.4. The summed E-state index contributed by atoms with van der Waals surface area (Å²) in [5.41, 5.74) is 0.527. The SMILES string of the molecule is COCC(Cl)CNC(=O)c1cccnc1. The van der Waals surface area contributed by atoms with Crippen LogP contribution in [0.2, 0.25) is 0 Å². The minimum Gasteiger partial charge on any atom is -0.383 e. The van der Waals surface area contributed by atoms with E-state index in [4.69, 9.17) is 16.3 Å². The highest BCUT2D eigenvalue weighted by molar-refractivity contribution is 6.21. The first-order chi connectivity index (χ1) is 7.24. The lowest BCUT2D eigenvalue weighted by atomic mass is 10.2. The molecule has 1 rings (SSSR count). The fourth-order valence-electron chi connectivity index (χ4n) is 1.04. The molecule has 0 fully saturated rings. The summed E-state index contributed by atoms with van der Waals surface area (Å²) in [6, 6.07) is 3.41. The molecule has 0 saturated carbocycles. The molecule has 0 radical (unpaired) electrons. The Balaban J connectivity index is 2.37. The van der Waals surface area contributed by atoms with Gasteiger partial charge >= 0.3 is 0 Å². The molecule has 15 heavy (non-hydrogen) atoms. The van der Waals surface area contributed by atoms with Crippen LogP contribution in [-0.2, 0) is 4.74 Å². The quantitative estimate of drug-likeness (QED) is 0.767. The summed E-state index contributed by atoms with van der Waals surface area (Å²) in [6.45, 7) is 0.790. The molecule has 0 aliphatic heterocycles. The molecule has 5 heteroatoms. The van der Waals surface area contributed by atoms with Gasteiger partial charge in [0.15, 0.2) is 0 Å². The van der Waals surface area contributed by atoms with Gasteiger partial charge in [-0.05, 0) is 12.1 Å². The number of halogens is 1. The van der Waals surface area contributed by atoms with Gasteiger partial charge in [-0.15, -0.1) is 11.6 Å². The maximum atomic E-state index is 11.5. The van der Waals surface area contributed by atoms with Crippen LogP contribution in [-0.4, -0.2) is 36.5 Å². The summed E-state index contributed by atoms with van der Waals surface area (Å²) < 4.78 is 4.85. The van der Waals surface area contributed by atoms with Crippen molar-refractivity contribution in [1.29, 1.82) is 0 Å². The van der Waals surface area contributed by atoms with Crippen LogP contribution in [0.4, 0.5) is 0 Å². The van der Waals surface area contributed by atoms with Crippen LogP contribution >= 0.6 is 11.6 Å². The topological polar surface area (TPSA) is 51.2 Å². The summed E-state index contributed by atoms with van der Waals surface area (Å²) in [6.07, 6.45) is 3.13. The molecule has 1 aromatic rings. The second kappa shape index (κ2) is 6.37. The molecule has 1 heterocycles. The van der Waals surface area contributed by atoms with Crippen LogP contribution in [0.3, 0.4) is 0 Å². The third kappa shape index (κ3) is 4.27. The van der Waals surface area contributed by atoms with E-state index in [1.807, 2.05) is 0 Å². The molecule has 1 unspecified atom stereocenters. The Kier molecular flexibility index (Phi) is 5.07. The number of pyridine rings is 1. The Morgan fingerprint density at radius 3 is 3.13 bits per heavy atom. The first-order valence-electron chi connectivity index (χ1n) is 4.55. The van der Waals surface area contributed by atoms with E-state index in [-0.39, 0.29) is 11.3 Å². The molecule has 82 valence electrons. The van der Waals surface area contributed by atoms with Crippen molar-refractivity contribution in [2.75, 3.05) is 20.3 Å². The molecule has 1 N–H and O–H groups in total. The Hall–Kier alpha value is -1.13. The van der Waals surface area contributed by atoms with E-state index < -0.39 is 0 Å². The van der Waals surface area contributed by atoms with E-state index in [2.05, 4.69) is 10.3 Å². The number of carbonyl (C=O) groups excluding carboxylic acids is 1. The minimum atomic E-state index is -0.212. The number of nitrogens with zero attached hydrogens (tertiary/aromatic N) is 1. The zero-order valence-electron chi connectivity index (χ0n) is 8.44. The first kappa shape index (κ1) is 11.9. The third-order valence-corrected chi connectivity index (χ3v) is 2.04. The fourth-order valence-corrected chi connectivity index (χ4v) is 1.25. The highest BCUT2D eigenvalue weighted by atomic mass is 35.5. The molecule has 0 saturated heterocycles. The van der Waals surface area contributed by atoms with Crippen molar-refractivity contribution in [2.24, 2.45) is 0 Å². The van der Waals surface area contributed by atoms with Gasteiger partial charge in [-0.1, -0.05) is 0 Å². The number of nitrogens with one attached hydrogen (secondary N) is 1. The number of ether oxygens (including phenoxy) is 1. The molecule has 0 aliphatic carbocycles. The van der Waals surface area contributed by atoms with Crippen molar-refractivity contribution in [3.63, 3.8) is 0 Å². The minimum absolute atomic E-state index is 0.176. The van der Waals surface area contributed by atoms with Gasteiger partial charge < -0.3 is 10.1 Å². The highest BCUT2D eigenvalue weighted by Crippen LogP contribution is 1.97. The van der Waals surface area contributed by atoms with Gasteiger partial charge in [-0.25, -0.2) is 0 Å². The molecule has 1 aromatic heterocycles. The number of alkyl halides is 1. The number of hydrogen-bond donors (Lipinski definition) is 1. The van der Waals surface area contributed by atoms with Crippen molar-refractivity contribution >= 4 is 17.5 Å². The molecule has 1 amide bonds. The van der Waals surface area contributed by atoms with Crippen molar-refractivity contribution in [3.05, 3.63) is 30.1 Å². The average Bonchev–Trinajstić information content (AvgIpc) is 2.27. The lowest BCUT2D eigenvalue weighted by Crippen LogP contribution is -2.31. The third-order valence-electron chi connectivity index (χ3n) is 1.76. The number of rotatable bonds is 5. The first-order valence-corrected chi connectivity index (χ1v) is 4.99. The van der Waals surface area contributed by atoms with E-state index in [0.29, 0.717) is 18.7 Å². The zero-order chi connectivity index (χ0) is 11.1. The highest BCUT2D eigenvalue weighted by Gasteiger charge is 2.08. The molecular formula is C10H13ClN2O2. The Morgan fingerprint density at radius 1 is 1.73 bits per heavy atom. The van der Waals surface area contributed by atoms with E-state index in [9.17, 15) is 4.79 Å². The van der Waals surface area contributed by atoms with Crippen molar-refractivity contribution < 1.29 is 9.53 Å². The summed E-state index contributed by atoms with van der Waals surface area (Å²) in [5, 5.41) is 2.48. The van der Waals surface area contributed by atoms with E-state index in [1.165, 1.54) is 6.20 Å². The van der Waals surface area contributed by atoms with Gasteiger partial charge in [-0.3, -0.25) is 9.78 Å². The number of aromatic nitrogens is 1. The maximum absolute atomic E-state index is 11.5. The predicted molar refractivity (Wildman–Crippen MR) is 58.1 cm³/mol. The van der Waals surface area contributed by atoms with Gasteiger partial charge in [-0.2, -0.15) is 0 Å². The average molecular weight is 229 g/mol. The van der Waals surface area contributed by atoms with Crippen LogP contribution in [0.1, 0.15) is 10.4 Å². The number of methoxy groups -OCH3 is 1. The van der Waals surface area contributed by atoms with Gasteiger partial charge in [0.2, 0.25) is 0 Å². The van der Waals surface area contributed by atoms with Crippen LogP contribution in [0.25, 0.3) is 0 Å². The second-order valence-electron chi connectivity index (χ2n) is 3.00. The molecule has 0 aliphatic rings. The Morgan fingerprint density at radius 2 is 2.53 bits per heavy atom. The van der Waals surface area contributed by atoms with Crippen LogP contribution in [0.5, 0.6) is 0 Å². The molecule has 0 bridgehead atoms. The Labute approximate surface area is 93.6 Å². The van der Waals surface area contributed by atoms with Gasteiger partial charge in [0, 0.05) is 26.0 Å². The van der Waals surface area contributed by atoms with E-state index in [1.54, 1.807) is 25.4 Å². The monoisotopic (exact) mass is 228 g/mol. The van der Waals surface area contributed by atoms with Gasteiger partial charge in [0.1, 0.15) is 0 Å². The number of carbonyl (C=O) groups is 1. The van der Waals surface area contributed by atoms with Crippen LogP contribution in [0.15, 0.2) is 24.5 Å². The van der Waals surface area contributed by atoms with Gasteiger partial charge in [0.05, 0.1) is 17.5 Å². The summed E-state index contributed by atoms with van der Waals surface area (Å²) in [5.74, 6) is -0.176. The maximum Gasteiger partial charge on any atom is 0.252 e. The fraction of sp³-hybridized carbons (Fsp3) is 0.400. The van der Waals surface area contributed by atoms with Crippen molar-refractivity contribution in [3.8, 4) is 0 Å². The molecule has 4 nitrogen and oxygen atoms in total. The lowest BCUT2D eigenvalue weighted by molar-refractivity contribution is 0.0949. The van der Waals surface area contributed by atoms with Crippen molar-refractivity contribution in [2.45, 2.75) is 5.38 Å². The van der Waals surface area contributed by atoms with Crippen molar-refractivity contribution in [1.82, 2.24) is 10.3 Å². The van der Waals surface area contributed by atoms with E-state index >= 15 is 0 Å². The van der Waals surface area contributed by atoms with Gasteiger partial charge in [0.25, 0.3) is 5.91 Å². The summed E-state index contributed by atoms with van der Waals surface area (Å²) in [7, 11) is 1.57. The summed E-state index contributed by atoms with van der Waals surface area (Å²) >= 11 is 5.86. The smallest absolute Gasteiger partial charge is 0.252 e. The standard InChI is InChI=1S/C10H13ClN2O2/c1-15-7-9(11)6-13-10(14)8-3-2-4-12-5-8/h2-5,9H,6-7H2,1H3,(H,13,14). The molecular weight excluding hydrogens is 216 g/mol. The number of hydrogen-bond acceptors (Lipinski definition) is 3. The second-order valence-corrected chi connectivity index (χ2v) is 3.62. The number of amides is 1. The molecule has 0 aromatic carbocycles. The predicted octanol–water partition coefficient (Wildman–Crippen LogP) is 1.07. The normalized spacial score (nSPS) is 12.1. The van der Waals surface area contributed by atoms with Crippen LogP contribution < -0.4 is 5.32 Å². The van der Waals surface area contributed by atoms with Crippen LogP contribution in [0, 0.1) is 0 Å². The zero-order valence-corrected chi connectivity index (χ0v) is 9.20. The Bertz CT molecular complexity index is 306. The van der Waals surface area contributed by atoms with E-state index in [0.717, 1.165) is 0 Å². The molecule has 1 atom stereocenters.